The van der Waals surface area contributed by atoms with Gasteiger partial charge in [-0.15, -0.1) is 11.8 Å². The molecule has 2 aromatic carbocycles. The molecule has 0 saturated carbocycles. The quantitative estimate of drug-likeness (QED) is 0.578. The van der Waals surface area contributed by atoms with Gasteiger partial charge >= 0.3 is 0 Å². The number of carbonyl (C=O) groups excluding carboxylic acids is 2. The lowest BCUT2D eigenvalue weighted by Crippen LogP contribution is -2.31. The third kappa shape index (κ3) is 4.32. The van der Waals surface area contributed by atoms with Crippen molar-refractivity contribution in [2.24, 2.45) is 0 Å². The first-order valence-corrected chi connectivity index (χ1v) is 10.6. The third-order valence-corrected chi connectivity index (χ3v) is 5.33. The fraction of sp³-hybridized carbons (Fsp3) is 0.304. The molecule has 5 nitrogen and oxygen atoms in total. The minimum absolute atomic E-state index is 0.166. The second-order valence-electron chi connectivity index (χ2n) is 6.68. The Balaban J connectivity index is 2.05. The summed E-state index contributed by atoms with van der Waals surface area (Å²) in [6.45, 7) is 8.72. The number of anilines is 1. The van der Waals surface area contributed by atoms with Crippen LogP contribution in [0.2, 0.25) is 0 Å². The minimum atomic E-state index is -0.323. The molecule has 0 saturated heterocycles. The van der Waals surface area contributed by atoms with Crippen molar-refractivity contribution in [1.29, 1.82) is 0 Å². The SMILES string of the molecule is CCOc1ccc(N2C(=O)C(SC(C)C)=C(c3ccccc3)C2=O)cc1OCC. The van der Waals surface area contributed by atoms with Crippen molar-refractivity contribution in [1.82, 2.24) is 0 Å². The zero-order chi connectivity index (χ0) is 21.0. The first-order valence-electron chi connectivity index (χ1n) is 9.72. The first kappa shape index (κ1) is 21.0. The van der Waals surface area contributed by atoms with Crippen LogP contribution in [0.4, 0.5) is 5.69 Å². The van der Waals surface area contributed by atoms with Gasteiger partial charge in [-0.25, -0.2) is 4.90 Å². The smallest absolute Gasteiger partial charge is 0.272 e. The molecular weight excluding hydrogens is 386 g/mol. The second-order valence-corrected chi connectivity index (χ2v) is 8.27. The maximum Gasteiger partial charge on any atom is 0.272 e. The molecule has 0 fully saturated rings. The Morgan fingerprint density at radius 2 is 1.55 bits per heavy atom. The first-order chi connectivity index (χ1) is 14.0. The van der Waals surface area contributed by atoms with Crippen LogP contribution in [0.1, 0.15) is 33.3 Å². The molecule has 6 heteroatoms. The van der Waals surface area contributed by atoms with E-state index in [-0.39, 0.29) is 17.1 Å². The number of hydrogen-bond acceptors (Lipinski definition) is 5. The molecule has 0 aromatic heterocycles. The van der Waals surface area contributed by atoms with Crippen LogP contribution < -0.4 is 14.4 Å². The summed E-state index contributed by atoms with van der Waals surface area (Å²) in [6, 6.07) is 14.5. The van der Waals surface area contributed by atoms with Crippen LogP contribution in [0.15, 0.2) is 53.4 Å². The van der Waals surface area contributed by atoms with E-state index in [1.54, 1.807) is 18.2 Å². The highest BCUT2D eigenvalue weighted by molar-refractivity contribution is 8.04. The number of thioether (sulfide) groups is 1. The highest BCUT2D eigenvalue weighted by atomic mass is 32.2. The predicted octanol–water partition coefficient (Wildman–Crippen LogP) is 4.91. The molecule has 1 heterocycles. The molecule has 0 bridgehead atoms. The van der Waals surface area contributed by atoms with E-state index in [4.69, 9.17) is 9.47 Å². The standard InChI is InChI=1S/C23H25NO4S/c1-5-27-18-13-12-17(14-19(18)28-6-2)24-22(25)20(16-10-8-7-9-11-16)21(23(24)26)29-15(3)4/h7-15H,5-6H2,1-4H3. The van der Waals surface area contributed by atoms with Crippen LogP contribution in [-0.2, 0) is 9.59 Å². The highest BCUT2D eigenvalue weighted by Crippen LogP contribution is 2.41. The van der Waals surface area contributed by atoms with Crippen molar-refractivity contribution in [2.45, 2.75) is 32.9 Å². The summed E-state index contributed by atoms with van der Waals surface area (Å²) in [4.78, 5) is 28.3. The number of rotatable bonds is 8. The van der Waals surface area contributed by atoms with E-state index >= 15 is 0 Å². The molecule has 29 heavy (non-hydrogen) atoms. The fourth-order valence-corrected chi connectivity index (χ4v) is 4.11. The van der Waals surface area contributed by atoms with Gasteiger partial charge in [-0.05, 0) is 31.5 Å². The lowest BCUT2D eigenvalue weighted by molar-refractivity contribution is -0.119. The summed E-state index contributed by atoms with van der Waals surface area (Å²) in [5.41, 5.74) is 1.66. The van der Waals surface area contributed by atoms with Gasteiger partial charge in [-0.3, -0.25) is 9.59 Å². The third-order valence-electron chi connectivity index (χ3n) is 4.24. The number of nitrogens with zero attached hydrogens (tertiary/aromatic N) is 1. The van der Waals surface area contributed by atoms with Gasteiger partial charge in [0.25, 0.3) is 11.8 Å². The van der Waals surface area contributed by atoms with Gasteiger partial charge in [-0.2, -0.15) is 0 Å². The Labute approximate surface area is 175 Å². The molecule has 3 rings (SSSR count). The Bertz CT molecular complexity index is 937. The summed E-state index contributed by atoms with van der Waals surface area (Å²) in [5, 5.41) is 0.166. The van der Waals surface area contributed by atoms with Crippen LogP contribution in [0.5, 0.6) is 11.5 Å². The van der Waals surface area contributed by atoms with Crippen LogP contribution in [0.3, 0.4) is 0 Å². The maximum atomic E-state index is 13.4. The van der Waals surface area contributed by atoms with Gasteiger partial charge in [0.2, 0.25) is 0 Å². The van der Waals surface area contributed by atoms with E-state index in [2.05, 4.69) is 0 Å². The Hall–Kier alpha value is -2.73. The van der Waals surface area contributed by atoms with Crippen molar-refractivity contribution in [2.75, 3.05) is 18.1 Å². The Morgan fingerprint density at radius 1 is 0.897 bits per heavy atom. The maximum absolute atomic E-state index is 13.4. The number of carbonyl (C=O) groups is 2. The molecule has 2 amide bonds. The summed E-state index contributed by atoms with van der Waals surface area (Å²) in [7, 11) is 0. The predicted molar refractivity (Wildman–Crippen MR) is 117 cm³/mol. The van der Waals surface area contributed by atoms with E-state index in [0.717, 1.165) is 5.56 Å². The zero-order valence-corrected chi connectivity index (χ0v) is 17.9. The molecule has 0 radical (unpaired) electrons. The van der Waals surface area contributed by atoms with Crippen molar-refractivity contribution < 1.29 is 19.1 Å². The second kappa shape index (κ2) is 9.18. The molecule has 1 aliphatic rings. The zero-order valence-electron chi connectivity index (χ0n) is 17.1. The van der Waals surface area contributed by atoms with Gasteiger partial charge in [0, 0.05) is 11.3 Å². The number of amides is 2. The van der Waals surface area contributed by atoms with Gasteiger partial charge in [0.1, 0.15) is 0 Å². The van der Waals surface area contributed by atoms with Crippen LogP contribution in [0.25, 0.3) is 5.57 Å². The Morgan fingerprint density at radius 3 is 2.17 bits per heavy atom. The summed E-state index contributed by atoms with van der Waals surface area (Å²) >= 11 is 1.41. The van der Waals surface area contributed by atoms with Gasteiger partial charge in [-0.1, -0.05) is 44.2 Å². The van der Waals surface area contributed by atoms with Crippen LogP contribution >= 0.6 is 11.8 Å². The van der Waals surface area contributed by atoms with Gasteiger partial charge in [0.05, 0.1) is 29.4 Å². The van der Waals surface area contributed by atoms with Crippen molar-refractivity contribution >= 4 is 34.8 Å². The molecule has 1 aliphatic heterocycles. The molecule has 0 atom stereocenters. The lowest BCUT2D eigenvalue weighted by atomic mass is 10.1. The lowest BCUT2D eigenvalue weighted by Gasteiger charge is -2.18. The average molecular weight is 412 g/mol. The highest BCUT2D eigenvalue weighted by Gasteiger charge is 2.40. The monoisotopic (exact) mass is 411 g/mol. The van der Waals surface area contributed by atoms with Gasteiger partial charge in [0.15, 0.2) is 11.5 Å². The molecule has 0 unspecified atom stereocenters. The van der Waals surface area contributed by atoms with Crippen molar-refractivity contribution in [3.8, 4) is 11.5 Å². The number of imide groups is 1. The summed E-state index contributed by atoms with van der Waals surface area (Å²) < 4.78 is 11.3. The topological polar surface area (TPSA) is 55.8 Å². The van der Waals surface area contributed by atoms with E-state index in [9.17, 15) is 9.59 Å². The minimum Gasteiger partial charge on any atom is -0.490 e. The number of ether oxygens (including phenoxy) is 2. The van der Waals surface area contributed by atoms with Gasteiger partial charge < -0.3 is 9.47 Å². The van der Waals surface area contributed by atoms with Crippen molar-refractivity contribution in [3.05, 3.63) is 59.0 Å². The number of hydrogen-bond donors (Lipinski definition) is 0. The molecule has 2 aromatic rings. The number of benzene rings is 2. The Kier molecular flexibility index (Phi) is 6.64. The van der Waals surface area contributed by atoms with Crippen molar-refractivity contribution in [3.63, 3.8) is 0 Å². The van der Waals surface area contributed by atoms with Crippen LogP contribution in [-0.4, -0.2) is 30.3 Å². The summed E-state index contributed by atoms with van der Waals surface area (Å²) in [6.07, 6.45) is 0. The molecule has 0 spiro atoms. The molecule has 0 aliphatic carbocycles. The van der Waals surface area contributed by atoms with E-state index in [1.165, 1.54) is 16.7 Å². The van der Waals surface area contributed by atoms with Crippen LogP contribution in [0, 0.1) is 0 Å². The van der Waals surface area contributed by atoms with E-state index in [0.29, 0.717) is 40.9 Å². The molecular formula is C23H25NO4S. The molecule has 152 valence electrons. The largest absolute Gasteiger partial charge is 0.490 e. The average Bonchev–Trinajstić information content (AvgIpc) is 2.93. The fourth-order valence-electron chi connectivity index (χ4n) is 3.13. The van der Waals surface area contributed by atoms with E-state index < -0.39 is 0 Å². The normalized spacial score (nSPS) is 14.2. The molecule has 0 N–H and O–H groups in total. The summed E-state index contributed by atoms with van der Waals surface area (Å²) in [5.74, 6) is 0.471. The van der Waals surface area contributed by atoms with E-state index in [1.807, 2.05) is 58.0 Å².